The second kappa shape index (κ2) is 4.57. The Hall–Kier alpha value is -2.22. The van der Waals surface area contributed by atoms with Gasteiger partial charge in [0.25, 0.3) is 0 Å². The minimum atomic E-state index is 0.122. The van der Waals surface area contributed by atoms with E-state index in [0.29, 0.717) is 5.82 Å². The van der Waals surface area contributed by atoms with Gasteiger partial charge in [-0.1, -0.05) is 45.0 Å². The number of aromatic nitrogens is 4. The summed E-state index contributed by atoms with van der Waals surface area (Å²) < 4.78 is 1.49. The molecule has 92 valence electrons. The molecule has 0 spiro atoms. The van der Waals surface area contributed by atoms with Crippen molar-refractivity contribution in [3.05, 3.63) is 29.8 Å². The van der Waals surface area contributed by atoms with Gasteiger partial charge in [0, 0.05) is 5.56 Å². The Balaban J connectivity index is 2.35. The fraction of sp³-hybridized carbons (Fsp3) is 0.385. The zero-order chi connectivity index (χ0) is 13.2. The SMILES string of the molecule is CC(C)(C)c1ccc(-c2nnnn2CC#N)cc1. The van der Waals surface area contributed by atoms with Crippen molar-refractivity contribution in [2.75, 3.05) is 0 Å². The summed E-state index contributed by atoms with van der Waals surface area (Å²) in [6.07, 6.45) is 0. The van der Waals surface area contributed by atoms with Crippen LogP contribution in [0.3, 0.4) is 0 Å². The second-order valence-electron chi connectivity index (χ2n) is 5.15. The third-order valence-electron chi connectivity index (χ3n) is 2.76. The van der Waals surface area contributed by atoms with Gasteiger partial charge in [0.15, 0.2) is 5.82 Å². The maximum Gasteiger partial charge on any atom is 0.183 e. The van der Waals surface area contributed by atoms with Gasteiger partial charge in [-0.15, -0.1) is 5.10 Å². The largest absolute Gasteiger partial charge is 0.211 e. The van der Waals surface area contributed by atoms with E-state index in [1.807, 2.05) is 18.2 Å². The van der Waals surface area contributed by atoms with E-state index in [1.165, 1.54) is 10.2 Å². The van der Waals surface area contributed by atoms with Crippen molar-refractivity contribution in [3.8, 4) is 17.5 Å². The van der Waals surface area contributed by atoms with Gasteiger partial charge in [0.1, 0.15) is 6.54 Å². The summed E-state index contributed by atoms with van der Waals surface area (Å²) >= 11 is 0. The maximum atomic E-state index is 8.69. The average molecular weight is 241 g/mol. The molecule has 5 heteroatoms. The molecule has 0 unspecified atom stereocenters. The second-order valence-corrected chi connectivity index (χ2v) is 5.15. The minimum absolute atomic E-state index is 0.122. The van der Waals surface area contributed by atoms with Gasteiger partial charge in [-0.2, -0.15) is 5.26 Å². The summed E-state index contributed by atoms with van der Waals surface area (Å²) in [4.78, 5) is 0. The standard InChI is InChI=1S/C13H15N5/c1-13(2,3)11-6-4-10(5-7-11)12-15-16-17-18(12)9-8-14/h4-7H,9H2,1-3H3. The molecular formula is C13H15N5. The van der Waals surface area contributed by atoms with E-state index in [2.05, 4.69) is 48.4 Å². The lowest BCUT2D eigenvalue weighted by molar-refractivity contribution is 0.590. The lowest BCUT2D eigenvalue weighted by Crippen LogP contribution is -2.10. The molecule has 0 saturated carbocycles. The van der Waals surface area contributed by atoms with Gasteiger partial charge in [-0.05, 0) is 21.4 Å². The fourth-order valence-electron chi connectivity index (χ4n) is 1.70. The molecular weight excluding hydrogens is 226 g/mol. The highest BCUT2D eigenvalue weighted by Gasteiger charge is 2.14. The molecule has 0 aliphatic heterocycles. The number of rotatable bonds is 2. The van der Waals surface area contributed by atoms with Crippen molar-refractivity contribution >= 4 is 0 Å². The molecule has 0 amide bonds. The molecule has 0 atom stereocenters. The fourth-order valence-corrected chi connectivity index (χ4v) is 1.70. The van der Waals surface area contributed by atoms with Crippen molar-refractivity contribution < 1.29 is 0 Å². The minimum Gasteiger partial charge on any atom is -0.211 e. The van der Waals surface area contributed by atoms with Crippen LogP contribution >= 0.6 is 0 Å². The molecule has 5 nitrogen and oxygen atoms in total. The molecule has 1 aromatic carbocycles. The molecule has 0 N–H and O–H groups in total. The highest BCUT2D eigenvalue weighted by Crippen LogP contribution is 2.24. The lowest BCUT2D eigenvalue weighted by atomic mass is 9.87. The predicted octanol–water partition coefficient (Wildman–Crippen LogP) is 2.16. The smallest absolute Gasteiger partial charge is 0.183 e. The summed E-state index contributed by atoms with van der Waals surface area (Å²) in [7, 11) is 0. The van der Waals surface area contributed by atoms with E-state index in [1.54, 1.807) is 0 Å². The van der Waals surface area contributed by atoms with Gasteiger partial charge in [-0.3, -0.25) is 0 Å². The third kappa shape index (κ3) is 2.38. The number of tetrazole rings is 1. The highest BCUT2D eigenvalue weighted by atomic mass is 15.5. The Kier molecular flexibility index (Phi) is 3.11. The normalized spacial score (nSPS) is 11.2. The molecule has 0 bridgehead atoms. The van der Waals surface area contributed by atoms with Crippen LogP contribution in [0.25, 0.3) is 11.4 Å². The van der Waals surface area contributed by atoms with Crippen molar-refractivity contribution in [2.45, 2.75) is 32.7 Å². The van der Waals surface area contributed by atoms with E-state index >= 15 is 0 Å². The molecule has 18 heavy (non-hydrogen) atoms. The van der Waals surface area contributed by atoms with Crippen molar-refractivity contribution in [1.82, 2.24) is 20.2 Å². The Bertz CT molecular complexity index is 569. The Morgan fingerprint density at radius 2 is 1.89 bits per heavy atom. The summed E-state index contributed by atoms with van der Waals surface area (Å²) in [6.45, 7) is 6.66. The van der Waals surface area contributed by atoms with Crippen LogP contribution in [0.4, 0.5) is 0 Å². The van der Waals surface area contributed by atoms with Crippen LogP contribution in [0.15, 0.2) is 24.3 Å². The first kappa shape index (κ1) is 12.2. The molecule has 1 aromatic heterocycles. The van der Waals surface area contributed by atoms with Crippen LogP contribution in [0.1, 0.15) is 26.3 Å². The molecule has 1 heterocycles. The van der Waals surface area contributed by atoms with Crippen LogP contribution in [-0.2, 0) is 12.0 Å². The lowest BCUT2D eigenvalue weighted by Gasteiger charge is -2.18. The van der Waals surface area contributed by atoms with E-state index < -0.39 is 0 Å². The number of hydrogen-bond donors (Lipinski definition) is 0. The first-order chi connectivity index (χ1) is 8.52. The maximum absolute atomic E-state index is 8.69. The molecule has 0 radical (unpaired) electrons. The van der Waals surface area contributed by atoms with E-state index in [0.717, 1.165) is 5.56 Å². The van der Waals surface area contributed by atoms with Crippen LogP contribution in [0.5, 0.6) is 0 Å². The molecule has 2 rings (SSSR count). The van der Waals surface area contributed by atoms with Gasteiger partial charge < -0.3 is 0 Å². The number of hydrogen-bond acceptors (Lipinski definition) is 4. The first-order valence-electron chi connectivity index (χ1n) is 5.76. The van der Waals surface area contributed by atoms with E-state index in [9.17, 15) is 0 Å². The Morgan fingerprint density at radius 1 is 1.22 bits per heavy atom. The van der Waals surface area contributed by atoms with Crippen LogP contribution in [0.2, 0.25) is 0 Å². The summed E-state index contributed by atoms with van der Waals surface area (Å²) in [5, 5.41) is 20.0. The average Bonchev–Trinajstić information content (AvgIpc) is 2.77. The van der Waals surface area contributed by atoms with Gasteiger partial charge in [0.2, 0.25) is 0 Å². The van der Waals surface area contributed by atoms with E-state index in [4.69, 9.17) is 5.26 Å². The number of benzene rings is 1. The van der Waals surface area contributed by atoms with Gasteiger partial charge in [-0.25, -0.2) is 4.68 Å². The number of nitriles is 1. The molecule has 0 aliphatic carbocycles. The van der Waals surface area contributed by atoms with Crippen LogP contribution in [0, 0.1) is 11.3 Å². The third-order valence-corrected chi connectivity index (χ3v) is 2.76. The summed E-state index contributed by atoms with van der Waals surface area (Å²) in [6, 6.07) is 10.1. The Labute approximate surface area is 106 Å². The zero-order valence-corrected chi connectivity index (χ0v) is 10.8. The Morgan fingerprint density at radius 3 is 2.44 bits per heavy atom. The summed E-state index contributed by atoms with van der Waals surface area (Å²) in [5.41, 5.74) is 2.30. The van der Waals surface area contributed by atoms with Crippen molar-refractivity contribution in [2.24, 2.45) is 0 Å². The van der Waals surface area contributed by atoms with Gasteiger partial charge >= 0.3 is 0 Å². The molecule has 0 fully saturated rings. The molecule has 0 aliphatic rings. The zero-order valence-electron chi connectivity index (χ0n) is 10.8. The molecule has 0 saturated heterocycles. The van der Waals surface area contributed by atoms with Crippen LogP contribution in [-0.4, -0.2) is 20.2 Å². The topological polar surface area (TPSA) is 67.4 Å². The summed E-state index contributed by atoms with van der Waals surface area (Å²) in [5.74, 6) is 0.622. The molecule has 2 aromatic rings. The quantitative estimate of drug-likeness (QED) is 0.808. The van der Waals surface area contributed by atoms with Crippen molar-refractivity contribution in [1.29, 1.82) is 5.26 Å². The number of nitrogens with zero attached hydrogens (tertiary/aromatic N) is 5. The first-order valence-corrected chi connectivity index (χ1v) is 5.76. The van der Waals surface area contributed by atoms with Crippen molar-refractivity contribution in [3.63, 3.8) is 0 Å². The van der Waals surface area contributed by atoms with E-state index in [-0.39, 0.29) is 12.0 Å². The predicted molar refractivity (Wildman–Crippen MR) is 67.6 cm³/mol. The van der Waals surface area contributed by atoms with Crippen LogP contribution < -0.4 is 0 Å². The van der Waals surface area contributed by atoms with Gasteiger partial charge in [0.05, 0.1) is 6.07 Å². The highest BCUT2D eigenvalue weighted by molar-refractivity contribution is 5.55. The monoisotopic (exact) mass is 241 g/mol.